The summed E-state index contributed by atoms with van der Waals surface area (Å²) < 4.78 is 5.62. The van der Waals surface area contributed by atoms with Gasteiger partial charge in [-0.05, 0) is 44.4 Å². The highest BCUT2D eigenvalue weighted by atomic mass is 35.5. The molecule has 2 amide bonds. The van der Waals surface area contributed by atoms with E-state index in [1.165, 1.54) is 0 Å². The van der Waals surface area contributed by atoms with Gasteiger partial charge in [0.15, 0.2) is 0 Å². The summed E-state index contributed by atoms with van der Waals surface area (Å²) >= 11 is 0. The van der Waals surface area contributed by atoms with Crippen LogP contribution in [-0.4, -0.2) is 37.6 Å². The highest BCUT2D eigenvalue weighted by molar-refractivity contribution is 6.01. The lowest BCUT2D eigenvalue weighted by molar-refractivity contribution is -0.127. The number of nitrogens with one attached hydrogen (secondary N) is 1. The molecule has 0 aromatic heterocycles. The van der Waals surface area contributed by atoms with Crippen molar-refractivity contribution in [3.05, 3.63) is 24.3 Å². The van der Waals surface area contributed by atoms with Crippen LogP contribution in [-0.2, 0) is 9.59 Å². The molecule has 0 spiro atoms. The highest BCUT2D eigenvalue weighted by Gasteiger charge is 2.38. The molecular formula is C19H28ClN3O3. The summed E-state index contributed by atoms with van der Waals surface area (Å²) in [5, 5.41) is 3.13. The number of amides is 2. The minimum atomic E-state index is -0.318. The molecule has 2 aliphatic rings. The predicted octanol–water partition coefficient (Wildman–Crippen LogP) is 2.10. The zero-order valence-electron chi connectivity index (χ0n) is 15.1. The standard InChI is InChI=1S/C19H27N3O3.ClH/c1-2-25-17-9-4-3-8-16(17)22-12-14(10-18(22)23)19(24)21-15-7-5-6-13(15)11-20;/h3-4,8-9,13-15H,2,5-7,10-12,20H2,1H3,(H,21,24);1H. The molecule has 3 rings (SSSR count). The first kappa shape index (κ1) is 20.5. The van der Waals surface area contributed by atoms with E-state index in [1.807, 2.05) is 31.2 Å². The molecule has 1 saturated carbocycles. The molecule has 3 N–H and O–H groups in total. The van der Waals surface area contributed by atoms with Crippen molar-refractivity contribution >= 4 is 29.9 Å². The largest absolute Gasteiger partial charge is 0.492 e. The van der Waals surface area contributed by atoms with Crippen LogP contribution in [0.4, 0.5) is 5.69 Å². The molecule has 26 heavy (non-hydrogen) atoms. The van der Waals surface area contributed by atoms with Gasteiger partial charge in [-0.2, -0.15) is 0 Å². The quantitative estimate of drug-likeness (QED) is 0.790. The van der Waals surface area contributed by atoms with E-state index in [2.05, 4.69) is 5.32 Å². The van der Waals surface area contributed by atoms with E-state index >= 15 is 0 Å². The van der Waals surface area contributed by atoms with E-state index in [-0.39, 0.29) is 42.6 Å². The molecule has 1 aliphatic heterocycles. The van der Waals surface area contributed by atoms with E-state index in [9.17, 15) is 9.59 Å². The van der Waals surface area contributed by atoms with Crippen molar-refractivity contribution in [2.75, 3.05) is 24.6 Å². The minimum Gasteiger partial charge on any atom is -0.492 e. The average Bonchev–Trinajstić information content (AvgIpc) is 3.22. The zero-order chi connectivity index (χ0) is 17.8. The van der Waals surface area contributed by atoms with Crippen LogP contribution in [0.1, 0.15) is 32.6 Å². The van der Waals surface area contributed by atoms with Gasteiger partial charge in [0.1, 0.15) is 5.75 Å². The fourth-order valence-electron chi connectivity index (χ4n) is 3.88. The number of benzene rings is 1. The van der Waals surface area contributed by atoms with E-state index in [4.69, 9.17) is 10.5 Å². The summed E-state index contributed by atoms with van der Waals surface area (Å²) in [6, 6.07) is 7.63. The molecule has 1 saturated heterocycles. The Labute approximate surface area is 160 Å². The summed E-state index contributed by atoms with van der Waals surface area (Å²) in [7, 11) is 0. The third-order valence-electron chi connectivity index (χ3n) is 5.24. The molecule has 1 aromatic rings. The highest BCUT2D eigenvalue weighted by Crippen LogP contribution is 2.33. The van der Waals surface area contributed by atoms with E-state index < -0.39 is 0 Å². The normalized spacial score (nSPS) is 25.1. The van der Waals surface area contributed by atoms with Crippen LogP contribution in [0.3, 0.4) is 0 Å². The summed E-state index contributed by atoms with van der Waals surface area (Å²) in [6.45, 7) is 3.44. The third kappa shape index (κ3) is 4.30. The van der Waals surface area contributed by atoms with Crippen molar-refractivity contribution in [1.82, 2.24) is 5.32 Å². The van der Waals surface area contributed by atoms with Gasteiger partial charge in [0.2, 0.25) is 11.8 Å². The summed E-state index contributed by atoms with van der Waals surface area (Å²) in [6.07, 6.45) is 3.39. The second-order valence-corrected chi connectivity index (χ2v) is 6.85. The topological polar surface area (TPSA) is 84.7 Å². The molecule has 144 valence electrons. The van der Waals surface area contributed by atoms with Crippen LogP contribution in [0.15, 0.2) is 24.3 Å². The van der Waals surface area contributed by atoms with Crippen LogP contribution in [0.5, 0.6) is 5.75 Å². The minimum absolute atomic E-state index is 0. The SMILES string of the molecule is CCOc1ccccc1N1CC(C(=O)NC2CCCC2CN)CC1=O.Cl. The Morgan fingerprint density at radius 2 is 2.12 bits per heavy atom. The smallest absolute Gasteiger partial charge is 0.227 e. The van der Waals surface area contributed by atoms with Gasteiger partial charge in [-0.3, -0.25) is 9.59 Å². The molecular weight excluding hydrogens is 354 g/mol. The fourth-order valence-corrected chi connectivity index (χ4v) is 3.88. The van der Waals surface area contributed by atoms with E-state index in [0.717, 1.165) is 24.9 Å². The Morgan fingerprint density at radius 3 is 2.85 bits per heavy atom. The number of ether oxygens (including phenoxy) is 1. The van der Waals surface area contributed by atoms with Crippen molar-refractivity contribution < 1.29 is 14.3 Å². The second-order valence-electron chi connectivity index (χ2n) is 6.85. The molecule has 1 heterocycles. The van der Waals surface area contributed by atoms with Gasteiger partial charge in [0.05, 0.1) is 18.2 Å². The Balaban J connectivity index is 0.00000243. The molecule has 1 aliphatic carbocycles. The molecule has 1 aromatic carbocycles. The van der Waals surface area contributed by atoms with Crippen LogP contribution in [0, 0.1) is 11.8 Å². The number of anilines is 1. The van der Waals surface area contributed by atoms with Gasteiger partial charge in [-0.15, -0.1) is 12.4 Å². The first-order valence-corrected chi connectivity index (χ1v) is 9.16. The number of nitrogens with zero attached hydrogens (tertiary/aromatic N) is 1. The van der Waals surface area contributed by atoms with Gasteiger partial charge in [-0.25, -0.2) is 0 Å². The Hall–Kier alpha value is -1.79. The molecule has 2 fully saturated rings. The van der Waals surface area contributed by atoms with Crippen LogP contribution in [0.25, 0.3) is 0 Å². The van der Waals surface area contributed by atoms with Crippen molar-refractivity contribution in [3.63, 3.8) is 0 Å². The van der Waals surface area contributed by atoms with Crippen LogP contribution >= 0.6 is 12.4 Å². The van der Waals surface area contributed by atoms with Crippen molar-refractivity contribution in [2.24, 2.45) is 17.6 Å². The average molecular weight is 382 g/mol. The zero-order valence-corrected chi connectivity index (χ0v) is 16.0. The molecule has 6 nitrogen and oxygen atoms in total. The van der Waals surface area contributed by atoms with Crippen molar-refractivity contribution in [2.45, 2.75) is 38.6 Å². The Bertz CT molecular complexity index is 640. The first-order valence-electron chi connectivity index (χ1n) is 9.16. The van der Waals surface area contributed by atoms with Gasteiger partial charge >= 0.3 is 0 Å². The van der Waals surface area contributed by atoms with Gasteiger partial charge < -0.3 is 20.7 Å². The number of hydrogen-bond donors (Lipinski definition) is 2. The number of carbonyl (C=O) groups excluding carboxylic acids is 2. The monoisotopic (exact) mass is 381 g/mol. The third-order valence-corrected chi connectivity index (χ3v) is 5.24. The lowest BCUT2D eigenvalue weighted by atomic mass is 10.0. The van der Waals surface area contributed by atoms with Crippen LogP contribution in [0.2, 0.25) is 0 Å². The summed E-state index contributed by atoms with van der Waals surface area (Å²) in [5.74, 6) is 0.652. The number of halogens is 1. The van der Waals surface area contributed by atoms with E-state index in [0.29, 0.717) is 31.4 Å². The van der Waals surface area contributed by atoms with Crippen LogP contribution < -0.4 is 20.7 Å². The Kier molecular flexibility index (Phi) is 7.29. The fraction of sp³-hybridized carbons (Fsp3) is 0.579. The van der Waals surface area contributed by atoms with E-state index in [1.54, 1.807) is 4.90 Å². The maximum Gasteiger partial charge on any atom is 0.227 e. The summed E-state index contributed by atoms with van der Waals surface area (Å²) in [4.78, 5) is 26.8. The van der Waals surface area contributed by atoms with Crippen molar-refractivity contribution in [3.8, 4) is 5.75 Å². The predicted molar refractivity (Wildman–Crippen MR) is 104 cm³/mol. The number of hydrogen-bond acceptors (Lipinski definition) is 4. The van der Waals surface area contributed by atoms with Crippen molar-refractivity contribution in [1.29, 1.82) is 0 Å². The molecule has 7 heteroatoms. The molecule has 3 unspecified atom stereocenters. The lowest BCUT2D eigenvalue weighted by Gasteiger charge is -2.22. The second kappa shape index (κ2) is 9.24. The maximum atomic E-state index is 12.6. The Morgan fingerprint density at radius 1 is 1.35 bits per heavy atom. The maximum absolute atomic E-state index is 12.6. The lowest BCUT2D eigenvalue weighted by Crippen LogP contribution is -2.43. The number of carbonyl (C=O) groups is 2. The molecule has 0 radical (unpaired) electrons. The van der Waals surface area contributed by atoms with Gasteiger partial charge in [-0.1, -0.05) is 18.6 Å². The number of para-hydroxylation sites is 2. The summed E-state index contributed by atoms with van der Waals surface area (Å²) in [5.41, 5.74) is 6.53. The van der Waals surface area contributed by atoms with Gasteiger partial charge in [0, 0.05) is 19.0 Å². The number of nitrogens with two attached hydrogens (primary N) is 1. The number of rotatable bonds is 6. The first-order chi connectivity index (χ1) is 12.1. The molecule has 3 atom stereocenters. The molecule has 0 bridgehead atoms. The van der Waals surface area contributed by atoms with Gasteiger partial charge in [0.25, 0.3) is 0 Å².